The van der Waals surface area contributed by atoms with Crippen LogP contribution in [0.2, 0.25) is 0 Å². The summed E-state index contributed by atoms with van der Waals surface area (Å²) in [5.41, 5.74) is 3.19. The van der Waals surface area contributed by atoms with Gasteiger partial charge in [0.1, 0.15) is 5.69 Å². The van der Waals surface area contributed by atoms with E-state index in [0.29, 0.717) is 42.1 Å². The Hall–Kier alpha value is -2.60. The first-order valence-electron chi connectivity index (χ1n) is 9.66. The molecule has 6 nitrogen and oxygen atoms in total. The summed E-state index contributed by atoms with van der Waals surface area (Å²) in [4.78, 5) is 27.7. The molecular weight excluding hydrogens is 356 g/mol. The van der Waals surface area contributed by atoms with Crippen molar-refractivity contribution in [1.82, 2.24) is 10.3 Å². The number of carbonyl (C=O) groups is 2. The van der Waals surface area contributed by atoms with Crippen LogP contribution < -0.4 is 5.32 Å². The van der Waals surface area contributed by atoms with E-state index in [1.54, 1.807) is 27.7 Å². The fourth-order valence-electron chi connectivity index (χ4n) is 3.00. The normalized spacial score (nSPS) is 12.1. The van der Waals surface area contributed by atoms with Crippen LogP contribution in [0.5, 0.6) is 0 Å². The highest BCUT2D eigenvalue weighted by molar-refractivity contribution is 6.00. The summed E-state index contributed by atoms with van der Waals surface area (Å²) in [5.74, 6) is -0.649. The molecule has 1 aromatic carbocycles. The predicted octanol–water partition coefficient (Wildman–Crippen LogP) is 4.09. The highest BCUT2D eigenvalue weighted by Crippen LogP contribution is 2.20. The van der Waals surface area contributed by atoms with E-state index in [0.717, 1.165) is 5.56 Å². The molecule has 0 saturated carbocycles. The van der Waals surface area contributed by atoms with Crippen LogP contribution in [0.4, 0.5) is 0 Å². The lowest BCUT2D eigenvalue weighted by molar-refractivity contribution is 0.0376. The Kier molecular flexibility index (Phi) is 7.81. The zero-order valence-corrected chi connectivity index (χ0v) is 17.3. The lowest BCUT2D eigenvalue weighted by Crippen LogP contribution is -2.26. The Labute approximate surface area is 166 Å². The molecule has 0 spiro atoms. The number of aromatic nitrogens is 1. The van der Waals surface area contributed by atoms with Crippen LogP contribution in [0.15, 0.2) is 30.3 Å². The van der Waals surface area contributed by atoms with E-state index in [1.807, 2.05) is 37.3 Å². The minimum absolute atomic E-state index is 0.0136. The molecule has 152 valence electrons. The minimum atomic E-state index is -0.413. The van der Waals surface area contributed by atoms with Crippen LogP contribution >= 0.6 is 0 Å². The van der Waals surface area contributed by atoms with Crippen LogP contribution in [0.3, 0.4) is 0 Å². The zero-order chi connectivity index (χ0) is 20.7. The summed E-state index contributed by atoms with van der Waals surface area (Å²) >= 11 is 0. The maximum absolute atomic E-state index is 12.5. The molecule has 0 aliphatic rings. The fraction of sp³-hybridized carbons (Fsp3) is 0.455. The summed E-state index contributed by atoms with van der Waals surface area (Å²) in [7, 11) is 0. The van der Waals surface area contributed by atoms with Crippen molar-refractivity contribution in [2.45, 2.75) is 53.2 Å². The molecule has 0 aliphatic heterocycles. The van der Waals surface area contributed by atoms with E-state index in [2.05, 4.69) is 10.3 Å². The Morgan fingerprint density at radius 2 is 1.79 bits per heavy atom. The van der Waals surface area contributed by atoms with Gasteiger partial charge in [-0.3, -0.25) is 4.79 Å². The number of aromatic amines is 1. The maximum atomic E-state index is 12.5. The van der Waals surface area contributed by atoms with Crippen molar-refractivity contribution >= 4 is 11.9 Å². The number of benzene rings is 1. The fourth-order valence-corrected chi connectivity index (χ4v) is 3.00. The zero-order valence-electron chi connectivity index (χ0n) is 17.3. The third-order valence-corrected chi connectivity index (χ3v) is 4.45. The first-order valence-corrected chi connectivity index (χ1v) is 9.66. The van der Waals surface area contributed by atoms with Gasteiger partial charge in [-0.15, -0.1) is 0 Å². The molecule has 1 heterocycles. The molecule has 0 aliphatic carbocycles. The van der Waals surface area contributed by atoms with Crippen molar-refractivity contribution in [3.63, 3.8) is 0 Å². The molecule has 28 heavy (non-hydrogen) atoms. The number of rotatable bonds is 9. The highest BCUT2D eigenvalue weighted by atomic mass is 16.5. The Balaban J connectivity index is 1.83. The number of aryl methyl sites for hydroxylation is 1. The van der Waals surface area contributed by atoms with Crippen molar-refractivity contribution < 1.29 is 19.1 Å². The van der Waals surface area contributed by atoms with E-state index in [-0.39, 0.29) is 18.1 Å². The topological polar surface area (TPSA) is 80.4 Å². The van der Waals surface area contributed by atoms with Crippen LogP contribution in [0.1, 0.15) is 71.0 Å². The van der Waals surface area contributed by atoms with Gasteiger partial charge in [0.15, 0.2) is 0 Å². The molecular formula is C22H30N2O4. The van der Waals surface area contributed by atoms with E-state index < -0.39 is 5.97 Å². The summed E-state index contributed by atoms with van der Waals surface area (Å²) < 4.78 is 11.1. The summed E-state index contributed by atoms with van der Waals surface area (Å²) in [6, 6.07) is 10.0. The average molecular weight is 386 g/mol. The lowest BCUT2D eigenvalue weighted by Gasteiger charge is -2.13. The third kappa shape index (κ3) is 5.70. The summed E-state index contributed by atoms with van der Waals surface area (Å²) in [5, 5.41) is 2.87. The van der Waals surface area contributed by atoms with E-state index in [1.165, 1.54) is 0 Å². The molecule has 2 aromatic rings. The first kappa shape index (κ1) is 21.7. The molecule has 1 amide bonds. The third-order valence-electron chi connectivity index (χ3n) is 4.45. The van der Waals surface area contributed by atoms with Gasteiger partial charge in [-0.2, -0.15) is 0 Å². The molecule has 0 saturated heterocycles. The Bertz CT molecular complexity index is 796. The molecule has 2 N–H and O–H groups in total. The Morgan fingerprint density at radius 3 is 2.43 bits per heavy atom. The summed E-state index contributed by atoms with van der Waals surface area (Å²) in [6.45, 7) is 10.2. The lowest BCUT2D eigenvalue weighted by atomic mass is 10.1. The second-order valence-corrected chi connectivity index (χ2v) is 7.11. The van der Waals surface area contributed by atoms with Crippen LogP contribution in [-0.2, 0) is 9.47 Å². The number of carbonyl (C=O) groups excluding carboxylic acids is 2. The second kappa shape index (κ2) is 10.1. The van der Waals surface area contributed by atoms with Crippen molar-refractivity contribution in [3.8, 4) is 0 Å². The second-order valence-electron chi connectivity index (χ2n) is 7.11. The van der Waals surface area contributed by atoms with Gasteiger partial charge in [0.05, 0.1) is 17.8 Å². The number of H-pyrrole nitrogens is 1. The number of ether oxygens (including phenoxy) is 2. The molecule has 0 bridgehead atoms. The van der Waals surface area contributed by atoms with Crippen LogP contribution in [0, 0.1) is 13.8 Å². The van der Waals surface area contributed by atoms with Crippen LogP contribution in [0.25, 0.3) is 0 Å². The Morgan fingerprint density at radius 1 is 1.11 bits per heavy atom. The van der Waals surface area contributed by atoms with Gasteiger partial charge < -0.3 is 19.8 Å². The van der Waals surface area contributed by atoms with Crippen molar-refractivity contribution in [1.29, 1.82) is 0 Å². The van der Waals surface area contributed by atoms with Gasteiger partial charge in [0.2, 0.25) is 0 Å². The molecule has 2 rings (SSSR count). The highest BCUT2D eigenvalue weighted by Gasteiger charge is 2.23. The van der Waals surface area contributed by atoms with Crippen molar-refractivity contribution in [2.75, 3.05) is 13.2 Å². The average Bonchev–Trinajstić information content (AvgIpc) is 2.95. The summed E-state index contributed by atoms with van der Waals surface area (Å²) in [6.07, 6.45) is 0.501. The molecule has 0 fully saturated rings. The molecule has 6 heteroatoms. The molecule has 1 unspecified atom stereocenters. The van der Waals surface area contributed by atoms with E-state index in [4.69, 9.17) is 9.47 Å². The van der Waals surface area contributed by atoms with Gasteiger partial charge >= 0.3 is 5.97 Å². The van der Waals surface area contributed by atoms with Crippen molar-refractivity contribution in [3.05, 3.63) is 58.4 Å². The quantitative estimate of drug-likeness (QED) is 0.502. The standard InChI is InChI=1S/C22H30N2O4/c1-14(2)28-22(26)19-15(3)20(24-16(19)4)21(25)23-12-9-13-27-17(5)18-10-7-6-8-11-18/h6-8,10-11,14,17,24H,9,12-13H2,1-5H3,(H,23,25). The smallest absolute Gasteiger partial charge is 0.340 e. The van der Waals surface area contributed by atoms with Gasteiger partial charge in [-0.1, -0.05) is 30.3 Å². The van der Waals surface area contributed by atoms with E-state index >= 15 is 0 Å². The van der Waals surface area contributed by atoms with Gasteiger partial charge in [0, 0.05) is 18.8 Å². The monoisotopic (exact) mass is 386 g/mol. The largest absolute Gasteiger partial charge is 0.459 e. The number of hydrogen-bond acceptors (Lipinski definition) is 4. The van der Waals surface area contributed by atoms with Crippen LogP contribution in [-0.4, -0.2) is 36.1 Å². The predicted molar refractivity (Wildman–Crippen MR) is 109 cm³/mol. The van der Waals surface area contributed by atoms with Crippen molar-refractivity contribution in [2.24, 2.45) is 0 Å². The molecule has 1 atom stereocenters. The van der Waals surface area contributed by atoms with Gasteiger partial charge in [-0.05, 0) is 52.2 Å². The molecule has 0 radical (unpaired) electrons. The number of esters is 1. The SMILES string of the molecule is Cc1[nH]c(C(=O)NCCCOC(C)c2ccccc2)c(C)c1C(=O)OC(C)C. The van der Waals surface area contributed by atoms with Gasteiger partial charge in [-0.25, -0.2) is 4.79 Å². The number of hydrogen-bond donors (Lipinski definition) is 2. The number of amides is 1. The van der Waals surface area contributed by atoms with Gasteiger partial charge in [0.25, 0.3) is 5.91 Å². The maximum Gasteiger partial charge on any atom is 0.340 e. The van der Waals surface area contributed by atoms with E-state index in [9.17, 15) is 9.59 Å². The first-order chi connectivity index (χ1) is 13.3. The molecule has 1 aromatic heterocycles. The number of nitrogens with one attached hydrogen (secondary N) is 2. The minimum Gasteiger partial charge on any atom is -0.459 e.